The number of hydrogen-bond donors (Lipinski definition) is 0. The van der Waals surface area contributed by atoms with Crippen LogP contribution in [0.2, 0.25) is 5.15 Å². The van der Waals surface area contributed by atoms with Crippen molar-refractivity contribution in [3.63, 3.8) is 0 Å². The molecule has 1 saturated heterocycles. The molecule has 0 radical (unpaired) electrons. The summed E-state index contributed by atoms with van der Waals surface area (Å²) in [6.45, 7) is 8.67. The minimum Gasteiger partial charge on any atom is -0.356 e. The van der Waals surface area contributed by atoms with E-state index in [2.05, 4.69) is 30.7 Å². The fourth-order valence-electron chi connectivity index (χ4n) is 2.93. The highest BCUT2D eigenvalue weighted by atomic mass is 35.5. The summed E-state index contributed by atoms with van der Waals surface area (Å²) in [4.78, 5) is 11.4. The molecule has 0 spiro atoms. The molecule has 1 aromatic rings. The minimum atomic E-state index is 0.312. The minimum absolute atomic E-state index is 0.312. The van der Waals surface area contributed by atoms with Crippen molar-refractivity contribution in [2.75, 3.05) is 18.0 Å². The summed E-state index contributed by atoms with van der Waals surface area (Å²) in [6, 6.07) is 1.91. The van der Waals surface area contributed by atoms with Crippen LogP contribution in [0.4, 0.5) is 5.82 Å². The van der Waals surface area contributed by atoms with Crippen molar-refractivity contribution in [3.05, 3.63) is 17.0 Å². The van der Waals surface area contributed by atoms with Gasteiger partial charge in [0.2, 0.25) is 0 Å². The highest BCUT2D eigenvalue weighted by molar-refractivity contribution is 6.29. The van der Waals surface area contributed by atoms with Crippen LogP contribution in [0, 0.1) is 5.92 Å². The Morgan fingerprint density at radius 1 is 1.30 bits per heavy atom. The van der Waals surface area contributed by atoms with Gasteiger partial charge in [-0.25, -0.2) is 9.97 Å². The van der Waals surface area contributed by atoms with Gasteiger partial charge in [-0.05, 0) is 25.2 Å². The Balaban J connectivity index is 2.11. The summed E-state index contributed by atoms with van der Waals surface area (Å²) in [5.41, 5.74) is 0. The fourth-order valence-corrected chi connectivity index (χ4v) is 3.12. The predicted octanol–water partition coefficient (Wildman–Crippen LogP) is 4.66. The third-order valence-electron chi connectivity index (χ3n) is 4.08. The molecule has 1 unspecified atom stereocenters. The lowest BCUT2D eigenvalue weighted by atomic mass is 9.96. The molecule has 0 bridgehead atoms. The number of nitrogens with zero attached hydrogens (tertiary/aromatic N) is 3. The zero-order valence-electron chi connectivity index (χ0n) is 12.9. The number of halogens is 1. The second-order valence-electron chi connectivity index (χ2n) is 6.13. The van der Waals surface area contributed by atoms with Crippen molar-refractivity contribution in [1.82, 2.24) is 9.97 Å². The van der Waals surface area contributed by atoms with Crippen LogP contribution >= 0.6 is 11.6 Å². The maximum atomic E-state index is 6.15. The van der Waals surface area contributed by atoms with Gasteiger partial charge in [-0.1, -0.05) is 45.2 Å². The Hall–Kier alpha value is -0.830. The Labute approximate surface area is 127 Å². The number of anilines is 1. The summed E-state index contributed by atoms with van der Waals surface area (Å²) in [6.07, 6.45) is 6.52. The molecule has 0 aliphatic carbocycles. The second-order valence-corrected chi connectivity index (χ2v) is 6.52. The van der Waals surface area contributed by atoms with Gasteiger partial charge in [0.15, 0.2) is 0 Å². The molecule has 0 amide bonds. The number of hydrogen-bond acceptors (Lipinski definition) is 3. The summed E-state index contributed by atoms with van der Waals surface area (Å²) < 4.78 is 0. The zero-order valence-corrected chi connectivity index (χ0v) is 13.7. The van der Waals surface area contributed by atoms with Gasteiger partial charge in [-0.2, -0.15) is 0 Å². The van der Waals surface area contributed by atoms with Crippen LogP contribution in [0.3, 0.4) is 0 Å². The average molecular weight is 296 g/mol. The van der Waals surface area contributed by atoms with E-state index in [1.54, 1.807) is 0 Å². The fraction of sp³-hybridized carbons (Fsp3) is 0.750. The van der Waals surface area contributed by atoms with E-state index in [0.717, 1.165) is 30.6 Å². The molecule has 0 aromatic carbocycles. The largest absolute Gasteiger partial charge is 0.356 e. The van der Waals surface area contributed by atoms with Crippen LogP contribution in [0.1, 0.15) is 64.6 Å². The first-order valence-corrected chi connectivity index (χ1v) is 8.27. The van der Waals surface area contributed by atoms with E-state index in [1.807, 2.05) is 6.07 Å². The van der Waals surface area contributed by atoms with E-state index in [1.165, 1.54) is 32.1 Å². The van der Waals surface area contributed by atoms with Crippen LogP contribution < -0.4 is 4.90 Å². The smallest absolute Gasteiger partial charge is 0.135 e. The molecule has 20 heavy (non-hydrogen) atoms. The van der Waals surface area contributed by atoms with E-state index < -0.39 is 0 Å². The molecular formula is C16H26ClN3. The normalized spacial score (nSPS) is 20.2. The lowest BCUT2D eigenvalue weighted by Gasteiger charge is -2.22. The molecule has 0 saturated carbocycles. The molecule has 0 N–H and O–H groups in total. The van der Waals surface area contributed by atoms with E-state index in [-0.39, 0.29) is 0 Å². The summed E-state index contributed by atoms with van der Waals surface area (Å²) in [5.74, 6) is 3.05. The first kappa shape index (κ1) is 15.6. The predicted molar refractivity (Wildman–Crippen MR) is 85.6 cm³/mol. The zero-order chi connectivity index (χ0) is 14.5. The van der Waals surface area contributed by atoms with Crippen LogP contribution in [-0.2, 0) is 0 Å². The van der Waals surface area contributed by atoms with Gasteiger partial charge in [0, 0.05) is 25.1 Å². The summed E-state index contributed by atoms with van der Waals surface area (Å²) in [7, 11) is 0. The molecule has 2 heterocycles. The Kier molecular flexibility index (Phi) is 5.64. The summed E-state index contributed by atoms with van der Waals surface area (Å²) >= 11 is 6.15. The first-order valence-electron chi connectivity index (χ1n) is 7.89. The topological polar surface area (TPSA) is 29.0 Å². The quantitative estimate of drug-likeness (QED) is 0.757. The van der Waals surface area contributed by atoms with Crippen molar-refractivity contribution >= 4 is 17.4 Å². The standard InChI is InChI=1S/C16H26ClN3/c1-4-6-13-7-5-9-20(10-8-13)15-11-14(17)18-16(19-15)12(2)3/h11-13H,4-10H2,1-3H3. The van der Waals surface area contributed by atoms with Crippen molar-refractivity contribution in [2.45, 2.75) is 58.8 Å². The maximum Gasteiger partial charge on any atom is 0.135 e. The Morgan fingerprint density at radius 2 is 2.10 bits per heavy atom. The molecule has 1 aromatic heterocycles. The molecule has 1 fully saturated rings. The van der Waals surface area contributed by atoms with Crippen molar-refractivity contribution < 1.29 is 0 Å². The van der Waals surface area contributed by atoms with Gasteiger partial charge in [0.05, 0.1) is 0 Å². The van der Waals surface area contributed by atoms with Crippen molar-refractivity contribution in [3.8, 4) is 0 Å². The van der Waals surface area contributed by atoms with E-state index >= 15 is 0 Å². The van der Waals surface area contributed by atoms with E-state index in [9.17, 15) is 0 Å². The average Bonchev–Trinajstić information content (AvgIpc) is 2.64. The maximum absolute atomic E-state index is 6.15. The molecule has 1 atom stereocenters. The van der Waals surface area contributed by atoms with Crippen LogP contribution in [-0.4, -0.2) is 23.1 Å². The monoisotopic (exact) mass is 295 g/mol. The lowest BCUT2D eigenvalue weighted by Crippen LogP contribution is -2.26. The van der Waals surface area contributed by atoms with E-state index in [4.69, 9.17) is 16.6 Å². The third-order valence-corrected chi connectivity index (χ3v) is 4.28. The second kappa shape index (κ2) is 7.26. The lowest BCUT2D eigenvalue weighted by molar-refractivity contribution is 0.435. The van der Waals surface area contributed by atoms with Crippen molar-refractivity contribution in [2.24, 2.45) is 5.92 Å². The third kappa shape index (κ3) is 4.08. The molecule has 4 heteroatoms. The van der Waals surface area contributed by atoms with Crippen molar-refractivity contribution in [1.29, 1.82) is 0 Å². The number of rotatable bonds is 4. The Bertz CT molecular complexity index is 434. The highest BCUT2D eigenvalue weighted by Gasteiger charge is 2.19. The SMILES string of the molecule is CCCC1CCCN(c2cc(Cl)nc(C(C)C)n2)CC1. The number of aromatic nitrogens is 2. The molecule has 2 rings (SSSR count). The van der Waals surface area contributed by atoms with Gasteiger partial charge >= 0.3 is 0 Å². The Morgan fingerprint density at radius 3 is 2.80 bits per heavy atom. The molecule has 3 nitrogen and oxygen atoms in total. The first-order chi connectivity index (χ1) is 9.60. The molecular weight excluding hydrogens is 270 g/mol. The molecule has 1 aliphatic rings. The van der Waals surface area contributed by atoms with Crippen LogP contribution in [0.15, 0.2) is 6.07 Å². The molecule has 1 aliphatic heterocycles. The van der Waals surface area contributed by atoms with Crippen LogP contribution in [0.5, 0.6) is 0 Å². The van der Waals surface area contributed by atoms with Gasteiger partial charge in [0.1, 0.15) is 16.8 Å². The summed E-state index contributed by atoms with van der Waals surface area (Å²) in [5, 5.41) is 0.563. The van der Waals surface area contributed by atoms with Gasteiger partial charge < -0.3 is 4.90 Å². The van der Waals surface area contributed by atoms with E-state index in [0.29, 0.717) is 11.1 Å². The van der Waals surface area contributed by atoms with Crippen LogP contribution in [0.25, 0.3) is 0 Å². The van der Waals surface area contributed by atoms with Gasteiger partial charge in [-0.15, -0.1) is 0 Å². The van der Waals surface area contributed by atoms with Gasteiger partial charge in [0.25, 0.3) is 0 Å². The molecule has 112 valence electrons. The van der Waals surface area contributed by atoms with Gasteiger partial charge in [-0.3, -0.25) is 0 Å². The highest BCUT2D eigenvalue weighted by Crippen LogP contribution is 2.26.